The molecule has 0 aliphatic heterocycles. The Labute approximate surface area is 87.6 Å². The van der Waals surface area contributed by atoms with E-state index in [1.165, 1.54) is 0 Å². The van der Waals surface area contributed by atoms with Gasteiger partial charge in [0.15, 0.2) is 0 Å². The zero-order chi connectivity index (χ0) is 10.7. The number of hydrogen-bond donors (Lipinski definition) is 0. The molecule has 1 saturated carbocycles. The number of ketones is 1. The van der Waals surface area contributed by atoms with Gasteiger partial charge in [0.05, 0.1) is 0 Å². The molecular weight excluding hydrogens is 172 g/mol. The predicted molar refractivity (Wildman–Crippen MR) is 60.0 cm³/mol. The van der Waals surface area contributed by atoms with E-state index in [0.717, 1.165) is 19.3 Å². The molecule has 0 radical (unpaired) electrons. The van der Waals surface area contributed by atoms with E-state index in [4.69, 9.17) is 0 Å². The van der Waals surface area contributed by atoms with Crippen molar-refractivity contribution in [2.75, 3.05) is 0 Å². The molecule has 0 saturated heterocycles. The Balaban J connectivity index is 2.72. The SMILES string of the molecule is C=CC(C)[C@H]1CC(=O)CC[C@@H]1C(C)C. The van der Waals surface area contributed by atoms with E-state index < -0.39 is 0 Å². The molecule has 0 aromatic carbocycles. The summed E-state index contributed by atoms with van der Waals surface area (Å²) >= 11 is 0. The van der Waals surface area contributed by atoms with E-state index in [1.807, 2.05) is 6.08 Å². The summed E-state index contributed by atoms with van der Waals surface area (Å²) in [5, 5.41) is 0. The Hall–Kier alpha value is -0.590. The summed E-state index contributed by atoms with van der Waals surface area (Å²) in [6, 6.07) is 0. The van der Waals surface area contributed by atoms with Gasteiger partial charge in [0.25, 0.3) is 0 Å². The van der Waals surface area contributed by atoms with Crippen molar-refractivity contribution in [2.45, 2.75) is 40.0 Å². The summed E-state index contributed by atoms with van der Waals surface area (Å²) in [4.78, 5) is 11.4. The van der Waals surface area contributed by atoms with Crippen molar-refractivity contribution in [1.29, 1.82) is 0 Å². The largest absolute Gasteiger partial charge is 0.300 e. The first-order chi connectivity index (χ1) is 6.56. The van der Waals surface area contributed by atoms with Crippen LogP contribution in [-0.4, -0.2) is 5.78 Å². The molecule has 3 atom stereocenters. The third kappa shape index (κ3) is 2.46. The average Bonchev–Trinajstić information content (AvgIpc) is 2.16. The maximum atomic E-state index is 11.4. The summed E-state index contributed by atoms with van der Waals surface area (Å²) in [5.74, 6) is 2.86. The minimum Gasteiger partial charge on any atom is -0.300 e. The first kappa shape index (κ1) is 11.5. The van der Waals surface area contributed by atoms with Gasteiger partial charge in [0, 0.05) is 12.8 Å². The molecule has 1 nitrogen and oxygen atoms in total. The van der Waals surface area contributed by atoms with Crippen LogP contribution in [0.4, 0.5) is 0 Å². The average molecular weight is 194 g/mol. The van der Waals surface area contributed by atoms with Crippen molar-refractivity contribution in [3.63, 3.8) is 0 Å². The van der Waals surface area contributed by atoms with Crippen molar-refractivity contribution >= 4 is 5.78 Å². The van der Waals surface area contributed by atoms with Gasteiger partial charge in [-0.3, -0.25) is 4.79 Å². The van der Waals surface area contributed by atoms with E-state index in [-0.39, 0.29) is 0 Å². The van der Waals surface area contributed by atoms with Gasteiger partial charge in [0.1, 0.15) is 5.78 Å². The molecule has 0 aromatic rings. The van der Waals surface area contributed by atoms with Crippen LogP contribution < -0.4 is 0 Å². The third-order valence-corrected chi connectivity index (χ3v) is 3.67. The lowest BCUT2D eigenvalue weighted by Crippen LogP contribution is -2.32. The first-order valence-electron chi connectivity index (χ1n) is 5.70. The fourth-order valence-corrected chi connectivity index (χ4v) is 2.64. The lowest BCUT2D eigenvalue weighted by Gasteiger charge is -2.36. The van der Waals surface area contributed by atoms with E-state index in [0.29, 0.717) is 29.5 Å². The van der Waals surface area contributed by atoms with Crippen LogP contribution in [0.5, 0.6) is 0 Å². The fourth-order valence-electron chi connectivity index (χ4n) is 2.64. The minimum atomic E-state index is 0.445. The smallest absolute Gasteiger partial charge is 0.133 e. The number of Topliss-reactive ketones (excluding diaryl/α,β-unsaturated/α-hetero) is 1. The lowest BCUT2D eigenvalue weighted by atomic mass is 9.68. The zero-order valence-corrected chi connectivity index (χ0v) is 9.62. The van der Waals surface area contributed by atoms with E-state index in [2.05, 4.69) is 27.4 Å². The zero-order valence-electron chi connectivity index (χ0n) is 9.62. The Morgan fingerprint density at radius 2 is 2.00 bits per heavy atom. The van der Waals surface area contributed by atoms with Gasteiger partial charge >= 0.3 is 0 Å². The molecule has 0 aromatic heterocycles. The molecule has 1 aliphatic rings. The molecule has 1 heteroatoms. The molecule has 0 N–H and O–H groups in total. The van der Waals surface area contributed by atoms with E-state index in [9.17, 15) is 4.79 Å². The van der Waals surface area contributed by atoms with Crippen LogP contribution in [0.1, 0.15) is 40.0 Å². The minimum absolute atomic E-state index is 0.445. The highest BCUT2D eigenvalue weighted by molar-refractivity contribution is 5.79. The third-order valence-electron chi connectivity index (χ3n) is 3.67. The molecule has 80 valence electrons. The van der Waals surface area contributed by atoms with Gasteiger partial charge in [-0.2, -0.15) is 0 Å². The highest BCUT2D eigenvalue weighted by Gasteiger charge is 2.33. The van der Waals surface area contributed by atoms with Gasteiger partial charge in [0.2, 0.25) is 0 Å². The summed E-state index contributed by atoms with van der Waals surface area (Å²) in [7, 11) is 0. The summed E-state index contributed by atoms with van der Waals surface area (Å²) in [6.45, 7) is 10.6. The van der Waals surface area contributed by atoms with Crippen LogP contribution in [0.3, 0.4) is 0 Å². The van der Waals surface area contributed by atoms with Crippen LogP contribution in [0.2, 0.25) is 0 Å². The Morgan fingerprint density at radius 1 is 1.36 bits per heavy atom. The van der Waals surface area contributed by atoms with E-state index >= 15 is 0 Å². The van der Waals surface area contributed by atoms with Crippen LogP contribution in [-0.2, 0) is 4.79 Å². The number of hydrogen-bond acceptors (Lipinski definition) is 1. The molecule has 0 heterocycles. The van der Waals surface area contributed by atoms with Crippen molar-refractivity contribution < 1.29 is 4.79 Å². The number of carbonyl (C=O) groups is 1. The Morgan fingerprint density at radius 3 is 2.50 bits per heavy atom. The summed E-state index contributed by atoms with van der Waals surface area (Å²) in [5.41, 5.74) is 0. The first-order valence-corrected chi connectivity index (χ1v) is 5.70. The van der Waals surface area contributed by atoms with Crippen molar-refractivity contribution in [3.05, 3.63) is 12.7 Å². The van der Waals surface area contributed by atoms with Crippen LogP contribution in [0.15, 0.2) is 12.7 Å². The topological polar surface area (TPSA) is 17.1 Å². The molecule has 1 unspecified atom stereocenters. The monoisotopic (exact) mass is 194 g/mol. The Bertz CT molecular complexity index is 217. The highest BCUT2D eigenvalue weighted by Crippen LogP contribution is 2.38. The molecule has 1 aliphatic carbocycles. The molecule has 0 spiro atoms. The standard InChI is InChI=1S/C13H22O/c1-5-10(4)13-8-11(14)6-7-12(13)9(2)3/h5,9-10,12-13H,1,6-8H2,2-4H3/t10?,12-,13-/m1/s1. The number of carbonyl (C=O) groups excluding carboxylic acids is 1. The van der Waals surface area contributed by atoms with Crippen LogP contribution in [0, 0.1) is 23.7 Å². The van der Waals surface area contributed by atoms with Gasteiger partial charge in [-0.05, 0) is 30.1 Å². The molecule has 1 rings (SSSR count). The molecule has 14 heavy (non-hydrogen) atoms. The van der Waals surface area contributed by atoms with Gasteiger partial charge in [-0.15, -0.1) is 6.58 Å². The quantitative estimate of drug-likeness (QED) is 0.629. The second kappa shape index (κ2) is 4.77. The normalized spacial score (nSPS) is 30.4. The van der Waals surface area contributed by atoms with Crippen LogP contribution >= 0.6 is 0 Å². The highest BCUT2D eigenvalue weighted by atomic mass is 16.1. The molecule has 0 amide bonds. The summed E-state index contributed by atoms with van der Waals surface area (Å²) < 4.78 is 0. The van der Waals surface area contributed by atoms with Gasteiger partial charge < -0.3 is 0 Å². The summed E-state index contributed by atoms with van der Waals surface area (Å²) in [6.07, 6.45) is 4.65. The van der Waals surface area contributed by atoms with Crippen molar-refractivity contribution in [3.8, 4) is 0 Å². The van der Waals surface area contributed by atoms with E-state index in [1.54, 1.807) is 0 Å². The second-order valence-corrected chi connectivity index (χ2v) is 4.95. The number of rotatable bonds is 3. The lowest BCUT2D eigenvalue weighted by molar-refractivity contribution is -0.123. The maximum Gasteiger partial charge on any atom is 0.133 e. The van der Waals surface area contributed by atoms with Crippen molar-refractivity contribution in [1.82, 2.24) is 0 Å². The fraction of sp³-hybridized carbons (Fsp3) is 0.769. The second-order valence-electron chi connectivity index (χ2n) is 4.95. The van der Waals surface area contributed by atoms with Gasteiger partial charge in [-0.1, -0.05) is 26.8 Å². The number of allylic oxidation sites excluding steroid dienone is 1. The Kier molecular flexibility index (Phi) is 3.91. The molecule has 1 fully saturated rings. The van der Waals surface area contributed by atoms with Gasteiger partial charge in [-0.25, -0.2) is 0 Å². The van der Waals surface area contributed by atoms with Crippen LogP contribution in [0.25, 0.3) is 0 Å². The maximum absolute atomic E-state index is 11.4. The predicted octanol–water partition coefficient (Wildman–Crippen LogP) is 3.45. The van der Waals surface area contributed by atoms with Crippen molar-refractivity contribution in [2.24, 2.45) is 23.7 Å². The molecule has 0 bridgehead atoms. The molecular formula is C13H22O.